The maximum absolute atomic E-state index is 13.0. The summed E-state index contributed by atoms with van der Waals surface area (Å²) in [7, 11) is 0. The number of halogens is 5. The number of likely N-dealkylation sites (tertiary alicyclic amines) is 1. The number of benzene rings is 1. The molecule has 4 nitrogen and oxygen atoms in total. The molecule has 30 heavy (non-hydrogen) atoms. The molecule has 2 fully saturated rings. The molecular weight excluding hydrogens is 438 g/mol. The van der Waals surface area contributed by atoms with Crippen molar-refractivity contribution in [2.24, 2.45) is 5.92 Å². The fraction of sp³-hybridized carbons (Fsp3) is 0.667. The Kier molecular flexibility index (Phi) is 10.4. The third-order valence-corrected chi connectivity index (χ3v) is 5.91. The van der Waals surface area contributed by atoms with Crippen LogP contribution in [-0.2, 0) is 6.54 Å². The number of hydrogen-bond acceptors (Lipinski definition) is 3. The average molecular weight is 470 g/mol. The molecule has 0 spiro atoms. The Bertz CT molecular complexity index is 662. The summed E-state index contributed by atoms with van der Waals surface area (Å²) in [5.41, 5.74) is 1.59. The first kappa shape index (κ1) is 27.0. The molecule has 2 aliphatic rings. The van der Waals surface area contributed by atoms with E-state index in [1.165, 1.54) is 0 Å². The Hall–Kier alpha value is -1.02. The number of piperazine rings is 1. The monoisotopic (exact) mass is 469 g/mol. The first-order valence-corrected chi connectivity index (χ1v) is 10.2. The van der Waals surface area contributed by atoms with Crippen molar-refractivity contribution in [2.75, 3.05) is 39.3 Å². The molecule has 1 atom stereocenters. The molecule has 0 radical (unpaired) electrons. The van der Waals surface area contributed by atoms with Crippen molar-refractivity contribution in [1.82, 2.24) is 14.7 Å². The topological polar surface area (TPSA) is 26.8 Å². The standard InChI is InChI=1S/C21H30F3N3O.2ClH/c1-16(2)26-10-12-27(13-11-26)20(28)18-7-5-17(6-8-18)14-25-9-3-4-19(15-25)21(22,23)24;;/h5-8,16,19H,3-4,9-15H2,1-2H3;2*1H. The number of piperidine rings is 1. The van der Waals surface area contributed by atoms with Crippen LogP contribution in [0.15, 0.2) is 24.3 Å². The third-order valence-electron chi connectivity index (χ3n) is 5.91. The Morgan fingerprint density at radius 2 is 1.63 bits per heavy atom. The lowest BCUT2D eigenvalue weighted by molar-refractivity contribution is -0.187. The summed E-state index contributed by atoms with van der Waals surface area (Å²) in [6.07, 6.45) is -3.32. The van der Waals surface area contributed by atoms with E-state index in [2.05, 4.69) is 18.7 Å². The van der Waals surface area contributed by atoms with E-state index in [0.717, 1.165) is 31.7 Å². The fourth-order valence-corrected chi connectivity index (χ4v) is 4.10. The molecule has 1 amide bonds. The van der Waals surface area contributed by atoms with Gasteiger partial charge in [-0.3, -0.25) is 14.6 Å². The zero-order chi connectivity index (χ0) is 20.3. The number of rotatable bonds is 4. The molecule has 1 unspecified atom stereocenters. The lowest BCUT2D eigenvalue weighted by atomic mass is 9.97. The second-order valence-corrected chi connectivity index (χ2v) is 8.23. The van der Waals surface area contributed by atoms with Crippen LogP contribution in [0.25, 0.3) is 0 Å². The van der Waals surface area contributed by atoms with Gasteiger partial charge in [0, 0.05) is 50.9 Å². The van der Waals surface area contributed by atoms with Crippen LogP contribution in [0, 0.1) is 5.92 Å². The Morgan fingerprint density at radius 3 is 2.17 bits per heavy atom. The molecule has 0 N–H and O–H groups in total. The molecule has 2 aliphatic heterocycles. The van der Waals surface area contributed by atoms with Crippen molar-refractivity contribution in [2.45, 2.75) is 45.5 Å². The normalized spacial score (nSPS) is 21.1. The summed E-state index contributed by atoms with van der Waals surface area (Å²) < 4.78 is 38.9. The Morgan fingerprint density at radius 1 is 1.03 bits per heavy atom. The van der Waals surface area contributed by atoms with Gasteiger partial charge in [0.05, 0.1) is 5.92 Å². The van der Waals surface area contributed by atoms with E-state index in [9.17, 15) is 18.0 Å². The highest BCUT2D eigenvalue weighted by Crippen LogP contribution is 2.33. The van der Waals surface area contributed by atoms with Crippen LogP contribution in [-0.4, -0.2) is 72.1 Å². The maximum Gasteiger partial charge on any atom is 0.393 e. The first-order valence-electron chi connectivity index (χ1n) is 10.2. The van der Waals surface area contributed by atoms with Crippen LogP contribution < -0.4 is 0 Å². The molecule has 0 saturated carbocycles. The van der Waals surface area contributed by atoms with E-state index in [0.29, 0.717) is 31.1 Å². The maximum atomic E-state index is 13.0. The largest absolute Gasteiger partial charge is 0.393 e. The van der Waals surface area contributed by atoms with Gasteiger partial charge in [0.25, 0.3) is 5.91 Å². The summed E-state index contributed by atoms with van der Waals surface area (Å²) in [6.45, 7) is 8.79. The molecule has 1 aromatic rings. The smallest absolute Gasteiger partial charge is 0.336 e. The molecule has 3 rings (SSSR count). The summed E-state index contributed by atoms with van der Waals surface area (Å²) >= 11 is 0. The number of carbonyl (C=O) groups is 1. The Labute approximate surface area is 189 Å². The zero-order valence-corrected chi connectivity index (χ0v) is 19.2. The van der Waals surface area contributed by atoms with Crippen LogP contribution >= 0.6 is 24.8 Å². The lowest BCUT2D eigenvalue weighted by Crippen LogP contribution is -2.50. The molecular formula is C21H32Cl2F3N3O. The molecule has 2 heterocycles. The van der Waals surface area contributed by atoms with E-state index in [1.54, 1.807) is 12.1 Å². The highest BCUT2D eigenvalue weighted by Gasteiger charge is 2.41. The summed E-state index contributed by atoms with van der Waals surface area (Å²) in [5, 5.41) is 0. The van der Waals surface area contributed by atoms with Crippen molar-refractivity contribution in [3.8, 4) is 0 Å². The van der Waals surface area contributed by atoms with Crippen molar-refractivity contribution in [3.63, 3.8) is 0 Å². The number of nitrogens with zero attached hydrogens (tertiary/aromatic N) is 3. The van der Waals surface area contributed by atoms with Gasteiger partial charge in [0.15, 0.2) is 0 Å². The number of hydrogen-bond donors (Lipinski definition) is 0. The van der Waals surface area contributed by atoms with Gasteiger partial charge in [-0.1, -0.05) is 12.1 Å². The predicted octanol–water partition coefficient (Wildman–Crippen LogP) is 4.47. The summed E-state index contributed by atoms with van der Waals surface area (Å²) in [4.78, 5) is 18.8. The van der Waals surface area contributed by atoms with Crippen LogP contribution in [0.2, 0.25) is 0 Å². The van der Waals surface area contributed by atoms with Crippen LogP contribution in [0.4, 0.5) is 13.2 Å². The van der Waals surface area contributed by atoms with E-state index < -0.39 is 12.1 Å². The molecule has 9 heteroatoms. The van der Waals surface area contributed by atoms with Gasteiger partial charge in [-0.25, -0.2) is 0 Å². The lowest BCUT2D eigenvalue weighted by Gasteiger charge is -2.37. The van der Waals surface area contributed by atoms with Crippen molar-refractivity contribution >= 4 is 30.7 Å². The molecule has 2 saturated heterocycles. The van der Waals surface area contributed by atoms with Crippen molar-refractivity contribution in [1.29, 1.82) is 0 Å². The fourth-order valence-electron chi connectivity index (χ4n) is 4.10. The second kappa shape index (κ2) is 11.6. The van der Waals surface area contributed by atoms with Gasteiger partial charge in [-0.2, -0.15) is 13.2 Å². The van der Waals surface area contributed by atoms with Crippen molar-refractivity contribution in [3.05, 3.63) is 35.4 Å². The van der Waals surface area contributed by atoms with Crippen LogP contribution in [0.5, 0.6) is 0 Å². The molecule has 172 valence electrons. The summed E-state index contributed by atoms with van der Waals surface area (Å²) in [6, 6.07) is 7.84. The molecule has 1 aromatic carbocycles. The van der Waals surface area contributed by atoms with E-state index in [1.807, 2.05) is 21.9 Å². The van der Waals surface area contributed by atoms with Crippen molar-refractivity contribution < 1.29 is 18.0 Å². The highest BCUT2D eigenvalue weighted by molar-refractivity contribution is 5.94. The summed E-state index contributed by atoms with van der Waals surface area (Å²) in [5.74, 6) is -1.20. The molecule has 0 aliphatic carbocycles. The molecule has 0 aromatic heterocycles. The third kappa shape index (κ3) is 7.01. The van der Waals surface area contributed by atoms with Gasteiger partial charge in [-0.15, -0.1) is 24.8 Å². The van der Waals surface area contributed by atoms with Gasteiger partial charge in [0.1, 0.15) is 0 Å². The molecule has 0 bridgehead atoms. The van der Waals surface area contributed by atoms with Crippen LogP contribution in [0.3, 0.4) is 0 Å². The highest BCUT2D eigenvalue weighted by atomic mass is 35.5. The van der Waals surface area contributed by atoms with Gasteiger partial charge in [0.2, 0.25) is 0 Å². The average Bonchev–Trinajstić information content (AvgIpc) is 2.68. The Balaban J connectivity index is 0.00000225. The predicted molar refractivity (Wildman–Crippen MR) is 118 cm³/mol. The number of amides is 1. The SMILES string of the molecule is CC(C)N1CCN(C(=O)c2ccc(CN3CCCC(C(F)(F)F)C3)cc2)CC1.Cl.Cl. The van der Waals surface area contributed by atoms with E-state index in [4.69, 9.17) is 0 Å². The quantitative estimate of drug-likeness (QED) is 0.650. The minimum atomic E-state index is -4.12. The van der Waals surface area contributed by atoms with E-state index in [-0.39, 0.29) is 43.7 Å². The second-order valence-electron chi connectivity index (χ2n) is 8.23. The number of carbonyl (C=O) groups excluding carboxylic acids is 1. The van der Waals surface area contributed by atoms with Crippen LogP contribution in [0.1, 0.15) is 42.6 Å². The minimum absolute atomic E-state index is 0. The van der Waals surface area contributed by atoms with Gasteiger partial charge in [-0.05, 0) is 50.9 Å². The minimum Gasteiger partial charge on any atom is -0.336 e. The first-order chi connectivity index (χ1) is 13.2. The van der Waals surface area contributed by atoms with E-state index >= 15 is 0 Å². The van der Waals surface area contributed by atoms with Gasteiger partial charge < -0.3 is 4.90 Å². The zero-order valence-electron chi connectivity index (χ0n) is 17.5. The number of alkyl halides is 3. The van der Waals surface area contributed by atoms with Gasteiger partial charge >= 0.3 is 6.18 Å².